The first kappa shape index (κ1) is 23.0. The fraction of sp³-hybridized carbons (Fsp3) is 0.269. The van der Waals surface area contributed by atoms with E-state index in [9.17, 15) is 9.18 Å². The quantitative estimate of drug-likeness (QED) is 0.415. The predicted molar refractivity (Wildman–Crippen MR) is 131 cm³/mol. The number of anilines is 2. The molecule has 0 spiro atoms. The van der Waals surface area contributed by atoms with Crippen molar-refractivity contribution in [2.75, 3.05) is 35.7 Å². The van der Waals surface area contributed by atoms with Crippen molar-refractivity contribution in [2.24, 2.45) is 0 Å². The Bertz CT molecular complexity index is 1090. The highest BCUT2D eigenvalue weighted by Gasteiger charge is 2.20. The normalized spacial score (nSPS) is 12.8. The van der Waals surface area contributed by atoms with Gasteiger partial charge in [0.1, 0.15) is 18.2 Å². The van der Waals surface area contributed by atoms with Crippen LogP contribution in [-0.4, -0.2) is 36.5 Å². The van der Waals surface area contributed by atoms with Crippen molar-refractivity contribution in [3.8, 4) is 5.75 Å². The number of thioether (sulfide) groups is 1. The maximum atomic E-state index is 14.3. The second kappa shape index (κ2) is 11.1. The number of hydrogen-bond acceptors (Lipinski definition) is 5. The third-order valence-electron chi connectivity index (χ3n) is 5.54. The van der Waals surface area contributed by atoms with Gasteiger partial charge in [-0.15, -0.1) is 11.8 Å². The van der Waals surface area contributed by atoms with E-state index in [-0.39, 0.29) is 18.7 Å². The molecule has 1 heterocycles. The van der Waals surface area contributed by atoms with Crippen LogP contribution in [0.25, 0.3) is 0 Å². The van der Waals surface area contributed by atoms with E-state index >= 15 is 0 Å². The highest BCUT2D eigenvalue weighted by Crippen LogP contribution is 2.37. The number of rotatable bonds is 10. The van der Waals surface area contributed by atoms with E-state index in [0.717, 1.165) is 24.6 Å². The summed E-state index contributed by atoms with van der Waals surface area (Å²) in [4.78, 5) is 14.3. The van der Waals surface area contributed by atoms with Gasteiger partial charge >= 0.3 is 5.97 Å². The molecule has 0 bridgehead atoms. The van der Waals surface area contributed by atoms with Gasteiger partial charge in [0.2, 0.25) is 0 Å². The van der Waals surface area contributed by atoms with E-state index in [1.54, 1.807) is 12.1 Å². The Balaban J connectivity index is 1.38. The maximum absolute atomic E-state index is 14.3. The molecule has 0 aromatic heterocycles. The molecule has 0 saturated heterocycles. The van der Waals surface area contributed by atoms with Crippen LogP contribution in [0.5, 0.6) is 5.75 Å². The third kappa shape index (κ3) is 6.20. The van der Waals surface area contributed by atoms with Crippen molar-refractivity contribution in [3.63, 3.8) is 0 Å². The Morgan fingerprint density at radius 3 is 2.73 bits per heavy atom. The van der Waals surface area contributed by atoms with Crippen LogP contribution < -0.4 is 15.0 Å². The second-order valence-electron chi connectivity index (χ2n) is 7.82. The number of carbonyl (C=O) groups is 1. The van der Waals surface area contributed by atoms with Crippen molar-refractivity contribution in [2.45, 2.75) is 24.3 Å². The number of hydrogen-bond donors (Lipinski definition) is 2. The van der Waals surface area contributed by atoms with Gasteiger partial charge in [0.15, 0.2) is 0 Å². The Morgan fingerprint density at radius 2 is 1.94 bits per heavy atom. The molecule has 0 amide bonds. The second-order valence-corrected chi connectivity index (χ2v) is 8.92. The molecule has 3 aromatic rings. The fourth-order valence-corrected chi connectivity index (χ4v) is 5.01. The molecular weight excluding hydrogens is 439 g/mol. The molecule has 1 aliphatic heterocycles. The molecule has 0 radical (unpaired) electrons. The summed E-state index contributed by atoms with van der Waals surface area (Å²) in [5, 5.41) is 12.1. The lowest BCUT2D eigenvalue weighted by Crippen LogP contribution is -2.33. The predicted octanol–water partition coefficient (Wildman–Crippen LogP) is 5.45. The van der Waals surface area contributed by atoms with Gasteiger partial charge in [-0.25, -0.2) is 4.39 Å². The number of ether oxygens (including phenoxy) is 1. The Hall–Kier alpha value is -3.19. The summed E-state index contributed by atoms with van der Waals surface area (Å²) in [5.74, 6) is 0.574. The summed E-state index contributed by atoms with van der Waals surface area (Å²) in [7, 11) is 0. The van der Waals surface area contributed by atoms with Crippen molar-refractivity contribution >= 4 is 29.1 Å². The molecule has 0 unspecified atom stereocenters. The first-order valence-electron chi connectivity index (χ1n) is 11.0. The topological polar surface area (TPSA) is 61.8 Å². The van der Waals surface area contributed by atoms with Crippen molar-refractivity contribution in [3.05, 3.63) is 83.7 Å². The lowest BCUT2D eigenvalue weighted by molar-refractivity contribution is -0.136. The zero-order valence-electron chi connectivity index (χ0n) is 18.3. The van der Waals surface area contributed by atoms with Crippen LogP contribution in [0.3, 0.4) is 0 Å². The molecule has 0 aliphatic carbocycles. The molecule has 3 aromatic carbocycles. The average Bonchev–Trinajstić information content (AvgIpc) is 2.83. The molecule has 33 heavy (non-hydrogen) atoms. The highest BCUT2D eigenvalue weighted by molar-refractivity contribution is 7.99. The molecule has 0 atom stereocenters. The molecule has 5 nitrogen and oxygen atoms in total. The number of aliphatic carboxylic acids is 1. The summed E-state index contributed by atoms with van der Waals surface area (Å²) < 4.78 is 20.2. The Labute approximate surface area is 197 Å². The van der Waals surface area contributed by atoms with E-state index in [4.69, 9.17) is 9.84 Å². The molecule has 7 heteroatoms. The van der Waals surface area contributed by atoms with Gasteiger partial charge in [-0.05, 0) is 47.9 Å². The van der Waals surface area contributed by atoms with Crippen LogP contribution in [0, 0.1) is 5.82 Å². The zero-order valence-corrected chi connectivity index (χ0v) is 19.1. The number of nitrogens with one attached hydrogen (secondary N) is 1. The largest absolute Gasteiger partial charge is 0.492 e. The third-order valence-corrected chi connectivity index (χ3v) is 6.69. The number of halogens is 1. The van der Waals surface area contributed by atoms with Crippen molar-refractivity contribution in [1.82, 2.24) is 0 Å². The Kier molecular flexibility index (Phi) is 7.73. The zero-order chi connectivity index (χ0) is 23.0. The summed E-state index contributed by atoms with van der Waals surface area (Å²) in [6.45, 7) is 2.97. The maximum Gasteiger partial charge on any atom is 0.303 e. The van der Waals surface area contributed by atoms with Gasteiger partial charge in [0.25, 0.3) is 0 Å². The molecule has 0 fully saturated rings. The number of carboxylic acid groups (broad SMARTS) is 1. The average molecular weight is 467 g/mol. The number of nitrogens with zero attached hydrogens (tertiary/aromatic N) is 1. The lowest BCUT2D eigenvalue weighted by atomic mass is 10.1. The molecule has 2 N–H and O–H groups in total. The van der Waals surface area contributed by atoms with Gasteiger partial charge in [-0.1, -0.05) is 36.4 Å². The summed E-state index contributed by atoms with van der Waals surface area (Å²) in [5.41, 5.74) is 3.47. The van der Waals surface area contributed by atoms with Gasteiger partial charge in [-0.2, -0.15) is 0 Å². The SMILES string of the molecule is O=C(O)CCc1ccc(NCc2cccc3c2SCCN3CCOc2ccccc2)cc1F. The van der Waals surface area contributed by atoms with Gasteiger partial charge in [-0.3, -0.25) is 4.79 Å². The van der Waals surface area contributed by atoms with Crippen LogP contribution in [0.4, 0.5) is 15.8 Å². The van der Waals surface area contributed by atoms with Gasteiger partial charge in [0.05, 0.1) is 12.2 Å². The minimum atomic E-state index is -0.927. The monoisotopic (exact) mass is 466 g/mol. The lowest BCUT2D eigenvalue weighted by Gasteiger charge is -2.32. The van der Waals surface area contributed by atoms with Crippen LogP contribution in [0.15, 0.2) is 71.6 Å². The molecular formula is C26H27FN2O3S. The van der Waals surface area contributed by atoms with Crippen LogP contribution in [0.2, 0.25) is 0 Å². The van der Waals surface area contributed by atoms with E-state index in [1.165, 1.54) is 22.2 Å². The van der Waals surface area contributed by atoms with E-state index in [1.807, 2.05) is 42.1 Å². The highest BCUT2D eigenvalue weighted by atomic mass is 32.2. The Morgan fingerprint density at radius 1 is 1.09 bits per heavy atom. The van der Waals surface area contributed by atoms with E-state index in [0.29, 0.717) is 24.4 Å². The fourth-order valence-electron chi connectivity index (χ4n) is 3.83. The minimum absolute atomic E-state index is 0.0794. The van der Waals surface area contributed by atoms with Crippen LogP contribution >= 0.6 is 11.8 Å². The molecule has 0 saturated carbocycles. The first-order chi connectivity index (χ1) is 16.1. The van der Waals surface area contributed by atoms with Crippen molar-refractivity contribution in [1.29, 1.82) is 0 Å². The number of carboxylic acids is 1. The smallest absolute Gasteiger partial charge is 0.303 e. The summed E-state index contributed by atoms with van der Waals surface area (Å²) in [6.07, 6.45) is 0.109. The summed E-state index contributed by atoms with van der Waals surface area (Å²) in [6, 6.07) is 21.0. The number of benzene rings is 3. The number of aryl methyl sites for hydroxylation is 1. The number of fused-ring (bicyclic) bond motifs is 1. The molecule has 4 rings (SSSR count). The summed E-state index contributed by atoms with van der Waals surface area (Å²) >= 11 is 1.85. The number of para-hydroxylation sites is 1. The van der Waals surface area contributed by atoms with E-state index in [2.05, 4.69) is 28.4 Å². The molecule has 1 aliphatic rings. The standard InChI is InChI=1S/C26H27FN2O3S/c27-23-17-21(11-9-19(23)10-12-25(30)31)28-18-20-5-4-8-24-26(20)33-16-14-29(24)13-15-32-22-6-2-1-3-7-22/h1-9,11,17,28H,10,12-16,18H2,(H,30,31). The van der Waals surface area contributed by atoms with E-state index < -0.39 is 5.97 Å². The van der Waals surface area contributed by atoms with Crippen LogP contribution in [-0.2, 0) is 17.8 Å². The first-order valence-corrected chi connectivity index (χ1v) is 12.0. The van der Waals surface area contributed by atoms with Gasteiger partial charge in [0, 0.05) is 35.8 Å². The van der Waals surface area contributed by atoms with Crippen LogP contribution in [0.1, 0.15) is 17.5 Å². The van der Waals surface area contributed by atoms with Gasteiger partial charge < -0.3 is 20.1 Å². The molecule has 172 valence electrons. The van der Waals surface area contributed by atoms with Crippen molar-refractivity contribution < 1.29 is 19.0 Å². The minimum Gasteiger partial charge on any atom is -0.492 e.